The Hall–Kier alpha value is -0.980. The lowest BCUT2D eigenvalue weighted by Gasteiger charge is -2.03. The van der Waals surface area contributed by atoms with Crippen molar-refractivity contribution in [2.75, 3.05) is 0 Å². The van der Waals surface area contributed by atoms with Crippen molar-refractivity contribution < 1.29 is 4.39 Å². The maximum absolute atomic E-state index is 13.3. The van der Waals surface area contributed by atoms with Crippen molar-refractivity contribution in [1.82, 2.24) is 14.8 Å². The molecule has 0 N–H and O–H groups in total. The van der Waals surface area contributed by atoms with Gasteiger partial charge in [-0.25, -0.2) is 14.1 Å². The molecule has 66 valence electrons. The smallest absolute Gasteiger partial charge is 0.150 e. The molecular weight excluding hydrogens is 284 g/mol. The van der Waals surface area contributed by atoms with Gasteiger partial charge in [-0.1, -0.05) is 6.07 Å². The fourth-order valence-electron chi connectivity index (χ4n) is 1.03. The van der Waals surface area contributed by atoms with E-state index in [4.69, 9.17) is 0 Å². The van der Waals surface area contributed by atoms with E-state index in [-0.39, 0.29) is 5.82 Å². The maximum Gasteiger partial charge on any atom is 0.150 e. The molecule has 0 saturated heterocycles. The van der Waals surface area contributed by atoms with E-state index < -0.39 is 0 Å². The molecule has 0 amide bonds. The van der Waals surface area contributed by atoms with E-state index in [1.54, 1.807) is 6.07 Å². The molecule has 0 fully saturated rings. The van der Waals surface area contributed by atoms with Gasteiger partial charge in [0.05, 0.1) is 0 Å². The predicted molar refractivity (Wildman–Crippen MR) is 54.0 cm³/mol. The van der Waals surface area contributed by atoms with E-state index in [2.05, 4.69) is 32.7 Å². The molecule has 0 aliphatic carbocycles. The van der Waals surface area contributed by atoms with Crippen LogP contribution in [0.3, 0.4) is 0 Å². The SMILES string of the molecule is Fc1cccc(I)c1-n1cncn1. The average molecular weight is 289 g/mol. The summed E-state index contributed by atoms with van der Waals surface area (Å²) < 4.78 is 15.5. The van der Waals surface area contributed by atoms with Crippen LogP contribution >= 0.6 is 22.6 Å². The lowest BCUT2D eigenvalue weighted by molar-refractivity contribution is 0.609. The van der Waals surface area contributed by atoms with Gasteiger partial charge in [0.15, 0.2) is 0 Å². The van der Waals surface area contributed by atoms with Gasteiger partial charge in [0.1, 0.15) is 24.2 Å². The molecule has 0 saturated carbocycles. The molecule has 2 rings (SSSR count). The maximum atomic E-state index is 13.3. The van der Waals surface area contributed by atoms with Crippen LogP contribution in [0.1, 0.15) is 0 Å². The molecule has 13 heavy (non-hydrogen) atoms. The van der Waals surface area contributed by atoms with Crippen LogP contribution in [0.2, 0.25) is 0 Å². The quantitative estimate of drug-likeness (QED) is 0.752. The monoisotopic (exact) mass is 289 g/mol. The second-order valence-corrected chi connectivity index (χ2v) is 3.57. The number of hydrogen-bond donors (Lipinski definition) is 0. The van der Waals surface area contributed by atoms with Gasteiger partial charge in [-0.05, 0) is 34.7 Å². The van der Waals surface area contributed by atoms with Gasteiger partial charge in [0, 0.05) is 3.57 Å². The number of aromatic nitrogens is 3. The Balaban J connectivity index is 2.64. The zero-order valence-electron chi connectivity index (χ0n) is 6.48. The third-order valence-corrected chi connectivity index (χ3v) is 2.46. The summed E-state index contributed by atoms with van der Waals surface area (Å²) >= 11 is 2.06. The standard InChI is InChI=1S/C8H5FIN3/c9-6-2-1-3-7(10)8(6)13-5-11-4-12-13/h1-5H. The highest BCUT2D eigenvalue weighted by Crippen LogP contribution is 2.18. The number of rotatable bonds is 1. The van der Waals surface area contributed by atoms with E-state index in [1.165, 1.54) is 23.4 Å². The first-order chi connectivity index (χ1) is 6.29. The highest BCUT2D eigenvalue weighted by Gasteiger charge is 2.08. The summed E-state index contributed by atoms with van der Waals surface area (Å²) in [6.45, 7) is 0. The molecule has 0 unspecified atom stereocenters. The molecule has 0 atom stereocenters. The average Bonchev–Trinajstić information content (AvgIpc) is 2.57. The second-order valence-electron chi connectivity index (χ2n) is 2.41. The van der Waals surface area contributed by atoms with Gasteiger partial charge in [-0.2, -0.15) is 5.10 Å². The number of para-hydroxylation sites is 1. The van der Waals surface area contributed by atoms with Crippen LogP contribution in [0.15, 0.2) is 30.9 Å². The minimum atomic E-state index is -0.294. The largest absolute Gasteiger partial charge is 0.223 e. The summed E-state index contributed by atoms with van der Waals surface area (Å²) in [7, 11) is 0. The zero-order chi connectivity index (χ0) is 9.26. The highest BCUT2D eigenvalue weighted by molar-refractivity contribution is 14.1. The number of nitrogens with zero attached hydrogens (tertiary/aromatic N) is 3. The number of hydrogen-bond acceptors (Lipinski definition) is 2. The Bertz CT molecular complexity index is 393. The first-order valence-corrected chi connectivity index (χ1v) is 4.66. The van der Waals surface area contributed by atoms with E-state index in [0.717, 1.165) is 3.57 Å². The van der Waals surface area contributed by atoms with Crippen molar-refractivity contribution in [3.8, 4) is 5.69 Å². The van der Waals surface area contributed by atoms with E-state index in [1.807, 2.05) is 6.07 Å². The Morgan fingerprint density at radius 2 is 2.23 bits per heavy atom. The third kappa shape index (κ3) is 1.55. The summed E-state index contributed by atoms with van der Waals surface area (Å²) in [5.74, 6) is -0.294. The van der Waals surface area contributed by atoms with Gasteiger partial charge in [-0.3, -0.25) is 0 Å². The van der Waals surface area contributed by atoms with Crippen molar-refractivity contribution >= 4 is 22.6 Å². The number of benzene rings is 1. The summed E-state index contributed by atoms with van der Waals surface area (Å²) in [6.07, 6.45) is 2.85. The Kier molecular flexibility index (Phi) is 2.26. The minimum absolute atomic E-state index is 0.294. The van der Waals surface area contributed by atoms with Crippen LogP contribution in [0.4, 0.5) is 4.39 Å². The first-order valence-electron chi connectivity index (χ1n) is 3.58. The van der Waals surface area contributed by atoms with Crippen molar-refractivity contribution in [3.63, 3.8) is 0 Å². The summed E-state index contributed by atoms with van der Waals surface area (Å²) in [6, 6.07) is 4.89. The Morgan fingerprint density at radius 3 is 2.85 bits per heavy atom. The predicted octanol–water partition coefficient (Wildman–Crippen LogP) is 2.01. The molecule has 2 aromatic rings. The molecule has 0 radical (unpaired) electrons. The van der Waals surface area contributed by atoms with Gasteiger partial charge in [-0.15, -0.1) is 0 Å². The Morgan fingerprint density at radius 1 is 1.38 bits per heavy atom. The summed E-state index contributed by atoms with van der Waals surface area (Å²) in [5, 5.41) is 3.87. The van der Waals surface area contributed by atoms with Gasteiger partial charge in [0.25, 0.3) is 0 Å². The third-order valence-electron chi connectivity index (χ3n) is 1.59. The van der Waals surface area contributed by atoms with Gasteiger partial charge < -0.3 is 0 Å². The van der Waals surface area contributed by atoms with Crippen LogP contribution in [-0.4, -0.2) is 14.8 Å². The van der Waals surface area contributed by atoms with Crippen molar-refractivity contribution in [1.29, 1.82) is 0 Å². The first kappa shape index (κ1) is 8.61. The zero-order valence-corrected chi connectivity index (χ0v) is 8.64. The molecule has 0 bridgehead atoms. The fraction of sp³-hybridized carbons (Fsp3) is 0. The van der Waals surface area contributed by atoms with E-state index >= 15 is 0 Å². The molecule has 0 aliphatic rings. The Labute approximate surface area is 87.7 Å². The molecule has 5 heteroatoms. The van der Waals surface area contributed by atoms with Gasteiger partial charge in [0.2, 0.25) is 0 Å². The molecule has 1 aromatic heterocycles. The van der Waals surface area contributed by atoms with E-state index in [9.17, 15) is 4.39 Å². The van der Waals surface area contributed by atoms with Crippen molar-refractivity contribution in [2.45, 2.75) is 0 Å². The van der Waals surface area contributed by atoms with Crippen LogP contribution in [0.5, 0.6) is 0 Å². The van der Waals surface area contributed by atoms with E-state index in [0.29, 0.717) is 5.69 Å². The van der Waals surface area contributed by atoms with Crippen molar-refractivity contribution in [2.24, 2.45) is 0 Å². The molecular formula is C8H5FIN3. The van der Waals surface area contributed by atoms with Crippen LogP contribution in [-0.2, 0) is 0 Å². The lowest BCUT2D eigenvalue weighted by atomic mass is 10.3. The molecule has 1 heterocycles. The van der Waals surface area contributed by atoms with Crippen LogP contribution < -0.4 is 0 Å². The molecule has 0 spiro atoms. The lowest BCUT2D eigenvalue weighted by Crippen LogP contribution is -2.00. The molecule has 3 nitrogen and oxygen atoms in total. The normalized spacial score (nSPS) is 10.3. The number of halogens is 2. The molecule has 0 aliphatic heterocycles. The van der Waals surface area contributed by atoms with Crippen molar-refractivity contribution in [3.05, 3.63) is 40.2 Å². The highest BCUT2D eigenvalue weighted by atomic mass is 127. The van der Waals surface area contributed by atoms with Crippen LogP contribution in [0.25, 0.3) is 5.69 Å². The fourth-order valence-corrected chi connectivity index (χ4v) is 1.74. The molecule has 1 aromatic carbocycles. The van der Waals surface area contributed by atoms with Gasteiger partial charge >= 0.3 is 0 Å². The second kappa shape index (κ2) is 3.41. The minimum Gasteiger partial charge on any atom is -0.223 e. The summed E-state index contributed by atoms with van der Waals surface area (Å²) in [4.78, 5) is 3.76. The topological polar surface area (TPSA) is 30.7 Å². The van der Waals surface area contributed by atoms with Crippen LogP contribution in [0, 0.1) is 9.39 Å². The summed E-state index contributed by atoms with van der Waals surface area (Å²) in [5.41, 5.74) is 0.445.